The zero-order valence-electron chi connectivity index (χ0n) is 24.8. The molecule has 0 unspecified atom stereocenters. The Balaban J connectivity index is 1.31. The molecule has 0 saturated heterocycles. The van der Waals surface area contributed by atoms with Gasteiger partial charge >= 0.3 is 0 Å². The molecule has 214 valence electrons. The first kappa shape index (κ1) is 31.1. The third-order valence-electron chi connectivity index (χ3n) is 6.70. The van der Waals surface area contributed by atoms with Crippen LogP contribution in [0.3, 0.4) is 0 Å². The molecule has 0 N–H and O–H groups in total. The molecule has 1 heterocycles. The Morgan fingerprint density at radius 3 is 2.12 bits per heavy atom. The molecule has 0 aliphatic rings. The molecule has 0 bridgehead atoms. The summed E-state index contributed by atoms with van der Waals surface area (Å²) in [7, 11) is 1.93. The SMILES string of the molecule is C=CC(/C=N\N(C)c1ccccc1)=C\C=NCCCCCC[n+]1ccc(N=Nc2ccc(N(CC)CC)cc2)cc1. The number of azo groups is 1. The molecule has 0 fully saturated rings. The third-order valence-corrected chi connectivity index (χ3v) is 6.70. The Kier molecular flexibility index (Phi) is 13.7. The summed E-state index contributed by atoms with van der Waals surface area (Å²) in [4.78, 5) is 6.83. The van der Waals surface area contributed by atoms with Gasteiger partial charge < -0.3 is 4.90 Å². The van der Waals surface area contributed by atoms with E-state index in [0.717, 1.165) is 61.7 Å². The first-order valence-corrected chi connectivity index (χ1v) is 14.5. The number of para-hydroxylation sites is 1. The molecule has 3 rings (SSSR count). The van der Waals surface area contributed by atoms with Crippen LogP contribution in [0.15, 0.2) is 124 Å². The van der Waals surface area contributed by atoms with Crippen molar-refractivity contribution in [3.63, 3.8) is 0 Å². The van der Waals surface area contributed by atoms with E-state index in [1.807, 2.05) is 78.9 Å². The molecule has 0 saturated carbocycles. The van der Waals surface area contributed by atoms with Crippen molar-refractivity contribution in [2.24, 2.45) is 20.3 Å². The van der Waals surface area contributed by atoms with Crippen LogP contribution in [-0.4, -0.2) is 39.1 Å². The number of aromatic nitrogens is 1. The summed E-state index contributed by atoms with van der Waals surface area (Å²) in [5.41, 5.74) is 4.89. The molecule has 0 aliphatic carbocycles. The van der Waals surface area contributed by atoms with Crippen molar-refractivity contribution >= 4 is 35.2 Å². The second-order valence-corrected chi connectivity index (χ2v) is 9.63. The second kappa shape index (κ2) is 18.1. The van der Waals surface area contributed by atoms with E-state index in [-0.39, 0.29) is 0 Å². The van der Waals surface area contributed by atoms with Crippen LogP contribution in [0.1, 0.15) is 39.5 Å². The number of hydrogen-bond acceptors (Lipinski definition) is 6. The van der Waals surface area contributed by atoms with Crippen molar-refractivity contribution in [2.75, 3.05) is 36.6 Å². The number of aliphatic imine (C=N–C) groups is 1. The van der Waals surface area contributed by atoms with E-state index in [1.54, 1.807) is 12.3 Å². The Hall–Kier alpha value is -4.39. The zero-order valence-corrected chi connectivity index (χ0v) is 24.8. The minimum atomic E-state index is 0.826. The summed E-state index contributed by atoms with van der Waals surface area (Å²) in [6.07, 6.45) is 16.1. The number of unbranched alkanes of at least 4 members (excludes halogenated alkanes) is 3. The van der Waals surface area contributed by atoms with Crippen molar-refractivity contribution in [3.05, 3.63) is 103 Å². The molecule has 0 spiro atoms. The molecular weight excluding hydrogens is 506 g/mol. The number of anilines is 2. The van der Waals surface area contributed by atoms with Gasteiger partial charge in [0.25, 0.3) is 0 Å². The van der Waals surface area contributed by atoms with E-state index in [4.69, 9.17) is 0 Å². The molecule has 0 atom stereocenters. The number of benzene rings is 2. The van der Waals surface area contributed by atoms with Gasteiger partial charge in [0.15, 0.2) is 12.4 Å². The highest BCUT2D eigenvalue weighted by Gasteiger charge is 2.03. The van der Waals surface area contributed by atoms with E-state index in [0.29, 0.717) is 0 Å². The average Bonchev–Trinajstić information content (AvgIpc) is 3.02. The number of aryl methyl sites for hydroxylation is 1. The molecule has 3 aromatic rings. The normalized spacial score (nSPS) is 12.0. The van der Waals surface area contributed by atoms with Gasteiger partial charge in [-0.25, -0.2) is 4.57 Å². The van der Waals surface area contributed by atoms with Crippen molar-refractivity contribution in [3.8, 4) is 0 Å². The lowest BCUT2D eigenvalue weighted by atomic mass is 10.2. The lowest BCUT2D eigenvalue weighted by Crippen LogP contribution is -2.32. The summed E-state index contributed by atoms with van der Waals surface area (Å²) in [5, 5.41) is 15.1. The van der Waals surface area contributed by atoms with Crippen LogP contribution in [0.5, 0.6) is 0 Å². The van der Waals surface area contributed by atoms with Gasteiger partial charge in [0.1, 0.15) is 6.54 Å². The third kappa shape index (κ3) is 11.3. The maximum Gasteiger partial charge on any atom is 0.171 e. The fourth-order valence-corrected chi connectivity index (χ4v) is 4.19. The van der Waals surface area contributed by atoms with Gasteiger partial charge in [-0.15, -0.1) is 0 Å². The van der Waals surface area contributed by atoms with Gasteiger partial charge in [-0.05, 0) is 74.7 Å². The largest absolute Gasteiger partial charge is 0.372 e. The summed E-state index contributed by atoms with van der Waals surface area (Å²) in [6, 6.07) is 22.3. The predicted molar refractivity (Wildman–Crippen MR) is 174 cm³/mol. The predicted octanol–water partition coefficient (Wildman–Crippen LogP) is 8.10. The van der Waals surface area contributed by atoms with Crippen LogP contribution in [-0.2, 0) is 6.54 Å². The lowest BCUT2D eigenvalue weighted by Gasteiger charge is -2.20. The van der Waals surface area contributed by atoms with Crippen LogP contribution in [0.25, 0.3) is 0 Å². The molecule has 7 heteroatoms. The van der Waals surface area contributed by atoms with Gasteiger partial charge in [0.2, 0.25) is 0 Å². The summed E-state index contributed by atoms with van der Waals surface area (Å²) >= 11 is 0. The van der Waals surface area contributed by atoms with E-state index >= 15 is 0 Å². The van der Waals surface area contributed by atoms with Crippen LogP contribution < -0.4 is 14.5 Å². The maximum absolute atomic E-state index is 4.52. The summed E-state index contributed by atoms with van der Waals surface area (Å²) in [5.74, 6) is 0. The first-order valence-electron chi connectivity index (χ1n) is 14.5. The van der Waals surface area contributed by atoms with Gasteiger partial charge in [-0.3, -0.25) is 10.0 Å². The van der Waals surface area contributed by atoms with E-state index in [1.165, 1.54) is 18.5 Å². The molecule has 0 aliphatic heterocycles. The minimum Gasteiger partial charge on any atom is -0.372 e. The zero-order chi connectivity index (χ0) is 29.1. The van der Waals surface area contributed by atoms with Crippen molar-refractivity contribution < 1.29 is 4.57 Å². The molecule has 0 radical (unpaired) electrons. The number of allylic oxidation sites excluding steroid dienone is 3. The van der Waals surface area contributed by atoms with Crippen molar-refractivity contribution in [1.82, 2.24) is 0 Å². The second-order valence-electron chi connectivity index (χ2n) is 9.63. The minimum absolute atomic E-state index is 0.826. The molecule has 7 nitrogen and oxygen atoms in total. The topological polar surface area (TPSA) is 59.8 Å². The highest BCUT2D eigenvalue weighted by Crippen LogP contribution is 2.22. The Labute approximate surface area is 246 Å². The Morgan fingerprint density at radius 2 is 1.46 bits per heavy atom. The number of pyridine rings is 1. The van der Waals surface area contributed by atoms with E-state index in [9.17, 15) is 0 Å². The quantitative estimate of drug-likeness (QED) is 0.0426. The Morgan fingerprint density at radius 1 is 0.805 bits per heavy atom. The highest BCUT2D eigenvalue weighted by atomic mass is 15.4. The summed E-state index contributed by atoms with van der Waals surface area (Å²) < 4.78 is 2.20. The van der Waals surface area contributed by atoms with Gasteiger partial charge in [-0.2, -0.15) is 15.3 Å². The maximum atomic E-state index is 4.52. The van der Waals surface area contributed by atoms with Crippen molar-refractivity contribution in [1.29, 1.82) is 0 Å². The Bertz CT molecular complexity index is 1270. The molecular formula is C34H44N7+. The fraction of sp³-hybridized carbons (Fsp3) is 0.324. The molecule has 0 amide bonds. The molecule has 2 aromatic carbocycles. The molecule has 41 heavy (non-hydrogen) atoms. The number of hydrazone groups is 1. The van der Waals surface area contributed by atoms with Crippen LogP contribution in [0.4, 0.5) is 22.7 Å². The standard InChI is InChI=1S/C34H44N7/c1-5-30(29-36-39(4)33-15-11-10-12-16-33)21-25-35-24-13-8-9-14-26-40-27-22-32(23-28-40)38-37-31-17-19-34(20-18-31)41(6-2)7-3/h5,10-12,15-23,25,27-29H,1,6-9,13-14,24,26H2,2-4H3/q+1/b30-21+,35-25?,36-29-. The smallest absolute Gasteiger partial charge is 0.171 e. The lowest BCUT2D eigenvalue weighted by molar-refractivity contribution is -0.697. The van der Waals surface area contributed by atoms with Crippen LogP contribution in [0.2, 0.25) is 0 Å². The summed E-state index contributed by atoms with van der Waals surface area (Å²) in [6.45, 7) is 12.0. The van der Waals surface area contributed by atoms with Gasteiger partial charge in [0, 0.05) is 57.1 Å². The highest BCUT2D eigenvalue weighted by molar-refractivity contribution is 5.89. The first-order chi connectivity index (χ1) is 20.1. The average molecular weight is 551 g/mol. The van der Waals surface area contributed by atoms with Crippen LogP contribution >= 0.6 is 0 Å². The van der Waals surface area contributed by atoms with Gasteiger partial charge in [-0.1, -0.05) is 37.3 Å². The number of rotatable bonds is 17. The monoisotopic (exact) mass is 550 g/mol. The van der Waals surface area contributed by atoms with Crippen molar-refractivity contribution in [2.45, 2.75) is 46.1 Å². The number of nitrogens with zero attached hydrogens (tertiary/aromatic N) is 7. The van der Waals surface area contributed by atoms with Gasteiger partial charge in [0.05, 0.1) is 23.3 Å². The molecule has 1 aromatic heterocycles. The number of hydrogen-bond donors (Lipinski definition) is 0. The van der Waals surface area contributed by atoms with E-state index in [2.05, 4.69) is 74.7 Å². The fourth-order valence-electron chi connectivity index (χ4n) is 4.19. The van der Waals surface area contributed by atoms with E-state index < -0.39 is 0 Å². The van der Waals surface area contributed by atoms with Crippen LogP contribution in [0, 0.1) is 0 Å².